The number of carbonyl (C=O) groups is 1. The van der Waals surface area contributed by atoms with Crippen LogP contribution in [0, 0.1) is 6.92 Å². The highest BCUT2D eigenvalue weighted by molar-refractivity contribution is 5.94. The number of carboxylic acid groups (broad SMARTS) is 1. The van der Waals surface area contributed by atoms with E-state index in [1.54, 1.807) is 30.3 Å². The third kappa shape index (κ3) is 3.86. The molecule has 0 radical (unpaired) electrons. The highest BCUT2D eigenvalue weighted by Gasteiger charge is 2.19. The molecule has 30 heavy (non-hydrogen) atoms. The number of anilines is 1. The minimum Gasteiger partial charge on any atom is -0.478 e. The lowest BCUT2D eigenvalue weighted by atomic mass is 9.99. The SMILES string of the molecule is Cc1cc(C(C)Nc2ccccc2C(=O)O)c2oc(C3=CCNCC3)cc(=O)c2c1. The minimum absolute atomic E-state index is 0.0752. The Bertz CT molecular complexity index is 1210. The largest absolute Gasteiger partial charge is 0.478 e. The van der Waals surface area contributed by atoms with E-state index in [-0.39, 0.29) is 17.0 Å². The van der Waals surface area contributed by atoms with Gasteiger partial charge in [0.1, 0.15) is 11.3 Å². The molecule has 3 N–H and O–H groups in total. The fourth-order valence-corrected chi connectivity index (χ4v) is 3.87. The van der Waals surface area contributed by atoms with Crippen LogP contribution in [-0.2, 0) is 0 Å². The molecule has 0 bridgehead atoms. The zero-order valence-corrected chi connectivity index (χ0v) is 17.0. The van der Waals surface area contributed by atoms with Gasteiger partial charge in [-0.2, -0.15) is 0 Å². The Balaban J connectivity index is 1.81. The lowest BCUT2D eigenvalue weighted by molar-refractivity contribution is 0.0698. The highest BCUT2D eigenvalue weighted by atomic mass is 16.4. The number of hydrogen-bond acceptors (Lipinski definition) is 5. The molecular weight excluding hydrogens is 380 g/mol. The second kappa shape index (κ2) is 8.16. The summed E-state index contributed by atoms with van der Waals surface area (Å²) in [6.45, 7) is 5.47. The zero-order chi connectivity index (χ0) is 21.3. The van der Waals surface area contributed by atoms with Gasteiger partial charge in [0.05, 0.1) is 17.0 Å². The number of para-hydroxylation sites is 1. The minimum atomic E-state index is -0.994. The van der Waals surface area contributed by atoms with Crippen molar-refractivity contribution in [2.75, 3.05) is 18.4 Å². The monoisotopic (exact) mass is 404 g/mol. The van der Waals surface area contributed by atoms with Gasteiger partial charge in [0.25, 0.3) is 0 Å². The third-order valence-corrected chi connectivity index (χ3v) is 5.38. The van der Waals surface area contributed by atoms with Gasteiger partial charge in [0.2, 0.25) is 0 Å². The van der Waals surface area contributed by atoms with Gasteiger partial charge >= 0.3 is 5.97 Å². The number of aromatic carboxylic acids is 1. The molecule has 0 aliphatic carbocycles. The van der Waals surface area contributed by atoms with Crippen LogP contribution in [0.2, 0.25) is 0 Å². The molecule has 6 nitrogen and oxygen atoms in total. The molecule has 2 aromatic carbocycles. The fraction of sp³-hybridized carbons (Fsp3) is 0.250. The molecule has 154 valence electrons. The Labute approximate surface area is 174 Å². The van der Waals surface area contributed by atoms with E-state index in [1.807, 2.05) is 32.1 Å². The normalized spacial score (nSPS) is 14.9. The van der Waals surface area contributed by atoms with Gasteiger partial charge in [0, 0.05) is 23.9 Å². The summed E-state index contributed by atoms with van der Waals surface area (Å²) in [4.78, 5) is 24.4. The van der Waals surface area contributed by atoms with Gasteiger partial charge < -0.3 is 20.2 Å². The summed E-state index contributed by atoms with van der Waals surface area (Å²) in [5.41, 5.74) is 3.97. The molecule has 0 spiro atoms. The number of rotatable bonds is 5. The quantitative estimate of drug-likeness (QED) is 0.586. The molecule has 0 saturated carbocycles. The van der Waals surface area contributed by atoms with E-state index in [9.17, 15) is 14.7 Å². The number of benzene rings is 2. The van der Waals surface area contributed by atoms with Crippen molar-refractivity contribution in [1.82, 2.24) is 5.32 Å². The molecule has 0 fully saturated rings. The van der Waals surface area contributed by atoms with Gasteiger partial charge in [-0.25, -0.2) is 4.79 Å². The van der Waals surface area contributed by atoms with Crippen LogP contribution in [0.3, 0.4) is 0 Å². The highest BCUT2D eigenvalue weighted by Crippen LogP contribution is 2.31. The van der Waals surface area contributed by atoms with Gasteiger partial charge in [-0.05, 0) is 56.1 Å². The summed E-state index contributed by atoms with van der Waals surface area (Å²) in [7, 11) is 0. The van der Waals surface area contributed by atoms with Crippen molar-refractivity contribution in [2.45, 2.75) is 26.3 Å². The second-order valence-electron chi connectivity index (χ2n) is 7.61. The summed E-state index contributed by atoms with van der Waals surface area (Å²) in [5, 5.41) is 16.5. The topological polar surface area (TPSA) is 91.6 Å². The summed E-state index contributed by atoms with van der Waals surface area (Å²) in [5.74, 6) is -0.400. The van der Waals surface area contributed by atoms with Crippen LogP contribution in [-0.4, -0.2) is 24.2 Å². The number of nitrogens with one attached hydrogen (secondary N) is 2. The van der Waals surface area contributed by atoms with E-state index < -0.39 is 5.97 Å². The van der Waals surface area contributed by atoms with Gasteiger partial charge in [0.15, 0.2) is 5.43 Å². The molecule has 1 atom stereocenters. The molecule has 4 rings (SSSR count). The average molecular weight is 404 g/mol. The number of hydrogen-bond donors (Lipinski definition) is 3. The van der Waals surface area contributed by atoms with Crippen molar-refractivity contribution in [3.63, 3.8) is 0 Å². The van der Waals surface area contributed by atoms with Gasteiger partial charge in [-0.3, -0.25) is 4.79 Å². The predicted molar refractivity (Wildman–Crippen MR) is 118 cm³/mol. The van der Waals surface area contributed by atoms with Crippen LogP contribution >= 0.6 is 0 Å². The first-order chi connectivity index (χ1) is 14.4. The first kappa shape index (κ1) is 19.9. The molecule has 2 heterocycles. The van der Waals surface area contributed by atoms with E-state index in [2.05, 4.69) is 10.6 Å². The van der Waals surface area contributed by atoms with E-state index in [1.165, 1.54) is 0 Å². The average Bonchev–Trinajstić information content (AvgIpc) is 2.74. The number of carboxylic acids is 1. The van der Waals surface area contributed by atoms with Gasteiger partial charge in [-0.1, -0.05) is 24.3 Å². The molecule has 1 aliphatic heterocycles. The maximum atomic E-state index is 12.9. The maximum absolute atomic E-state index is 12.9. The number of fused-ring (bicyclic) bond motifs is 1. The molecule has 0 amide bonds. The lowest BCUT2D eigenvalue weighted by Crippen LogP contribution is -2.20. The Morgan fingerprint density at radius 3 is 2.77 bits per heavy atom. The van der Waals surface area contributed by atoms with E-state index in [4.69, 9.17) is 4.42 Å². The molecular formula is C24H24N2O4. The molecule has 1 aromatic heterocycles. The van der Waals surface area contributed by atoms with Crippen molar-refractivity contribution >= 4 is 28.2 Å². The summed E-state index contributed by atoms with van der Waals surface area (Å²) >= 11 is 0. The standard InChI is InChI=1S/C24H24N2O4/c1-14-11-18(15(2)26-20-6-4-3-5-17(20)24(28)29)23-19(12-14)21(27)13-22(30-23)16-7-9-25-10-8-16/h3-7,11-13,15,25-26H,8-10H2,1-2H3,(H,28,29). The first-order valence-electron chi connectivity index (χ1n) is 10.0. The van der Waals surface area contributed by atoms with E-state index >= 15 is 0 Å². The van der Waals surface area contributed by atoms with Crippen LogP contribution < -0.4 is 16.1 Å². The predicted octanol–water partition coefficient (Wildman–Crippen LogP) is 4.35. The van der Waals surface area contributed by atoms with E-state index in [0.717, 1.165) is 36.2 Å². The van der Waals surface area contributed by atoms with Crippen molar-refractivity contribution in [3.8, 4) is 0 Å². The fourth-order valence-electron chi connectivity index (χ4n) is 3.87. The van der Waals surface area contributed by atoms with Crippen molar-refractivity contribution in [1.29, 1.82) is 0 Å². The Morgan fingerprint density at radius 2 is 2.03 bits per heavy atom. The Kier molecular flexibility index (Phi) is 5.42. The van der Waals surface area contributed by atoms with Crippen molar-refractivity contribution in [3.05, 3.63) is 81.2 Å². The smallest absolute Gasteiger partial charge is 0.337 e. The van der Waals surface area contributed by atoms with Crippen molar-refractivity contribution < 1.29 is 14.3 Å². The molecule has 1 aliphatic rings. The summed E-state index contributed by atoms with van der Waals surface area (Å²) in [6, 6.07) is 11.9. The van der Waals surface area contributed by atoms with Crippen LogP contribution in [0.25, 0.3) is 16.5 Å². The number of aryl methyl sites for hydroxylation is 1. The Hall–Kier alpha value is -3.38. The molecule has 1 unspecified atom stereocenters. The zero-order valence-electron chi connectivity index (χ0n) is 17.0. The molecule has 6 heteroatoms. The maximum Gasteiger partial charge on any atom is 0.337 e. The lowest BCUT2D eigenvalue weighted by Gasteiger charge is -2.20. The molecule has 0 saturated heterocycles. The summed E-state index contributed by atoms with van der Waals surface area (Å²) in [6.07, 6.45) is 2.85. The van der Waals surface area contributed by atoms with Crippen LogP contribution in [0.15, 0.2) is 57.8 Å². The molecule has 3 aromatic rings. The summed E-state index contributed by atoms with van der Waals surface area (Å²) < 4.78 is 6.25. The third-order valence-electron chi connectivity index (χ3n) is 5.38. The second-order valence-corrected chi connectivity index (χ2v) is 7.61. The van der Waals surface area contributed by atoms with Crippen LogP contribution in [0.5, 0.6) is 0 Å². The van der Waals surface area contributed by atoms with Crippen LogP contribution in [0.1, 0.15) is 46.6 Å². The van der Waals surface area contributed by atoms with Crippen molar-refractivity contribution in [2.24, 2.45) is 0 Å². The van der Waals surface area contributed by atoms with E-state index in [0.29, 0.717) is 22.4 Å². The first-order valence-corrected chi connectivity index (χ1v) is 10.0. The Morgan fingerprint density at radius 1 is 1.23 bits per heavy atom. The van der Waals surface area contributed by atoms with Gasteiger partial charge in [-0.15, -0.1) is 0 Å². The van der Waals surface area contributed by atoms with Crippen LogP contribution in [0.4, 0.5) is 5.69 Å².